The topological polar surface area (TPSA) is 30.5 Å². The van der Waals surface area contributed by atoms with Crippen LogP contribution in [0.25, 0.3) is 0 Å². The summed E-state index contributed by atoms with van der Waals surface area (Å²) in [5.41, 5.74) is 0. The Hall–Kier alpha value is -1.06. The number of rotatable bonds is 10. The fraction of sp³-hybridized carbons (Fsp3) is 0.600. The first-order valence-corrected chi connectivity index (χ1v) is 6.85. The summed E-state index contributed by atoms with van der Waals surface area (Å²) in [6.07, 6.45) is 2.34. The van der Waals surface area contributed by atoms with Crippen molar-refractivity contribution in [3.63, 3.8) is 0 Å². The number of para-hydroxylation sites is 1. The molecule has 0 aliphatic carbocycles. The highest BCUT2D eigenvalue weighted by molar-refractivity contribution is 5.20. The Morgan fingerprint density at radius 1 is 1.11 bits per heavy atom. The molecule has 1 aromatic rings. The van der Waals surface area contributed by atoms with Crippen LogP contribution in [0, 0.1) is 0 Å². The van der Waals surface area contributed by atoms with Crippen LogP contribution in [0.3, 0.4) is 0 Å². The lowest BCUT2D eigenvalue weighted by Gasteiger charge is -2.17. The van der Waals surface area contributed by atoms with Crippen molar-refractivity contribution in [2.24, 2.45) is 0 Å². The molecule has 0 amide bonds. The monoisotopic (exact) mass is 251 g/mol. The molecule has 1 N–H and O–H groups in total. The third-order valence-electron chi connectivity index (χ3n) is 2.69. The molecule has 0 fully saturated rings. The van der Waals surface area contributed by atoms with Crippen molar-refractivity contribution in [3.05, 3.63) is 30.3 Å². The average Bonchev–Trinajstić information content (AvgIpc) is 2.40. The second-order valence-corrected chi connectivity index (χ2v) is 4.28. The molecular weight excluding hydrogens is 226 g/mol. The zero-order chi connectivity index (χ0) is 13.1. The molecular formula is C15H25NO2. The highest BCUT2D eigenvalue weighted by Gasteiger charge is 2.05. The number of ether oxygens (including phenoxy) is 2. The molecule has 1 aromatic carbocycles. The third-order valence-corrected chi connectivity index (χ3v) is 2.69. The van der Waals surface area contributed by atoms with Gasteiger partial charge in [0.15, 0.2) is 0 Å². The van der Waals surface area contributed by atoms with Crippen LogP contribution in [0.5, 0.6) is 5.75 Å². The van der Waals surface area contributed by atoms with Crippen LogP contribution >= 0.6 is 0 Å². The SMILES string of the molecule is CCCC(COCCOc1ccccc1)NCC. The molecule has 0 bridgehead atoms. The lowest BCUT2D eigenvalue weighted by Crippen LogP contribution is -2.33. The number of nitrogens with one attached hydrogen (secondary N) is 1. The predicted octanol–water partition coefficient (Wildman–Crippen LogP) is 2.86. The van der Waals surface area contributed by atoms with E-state index in [9.17, 15) is 0 Å². The summed E-state index contributed by atoms with van der Waals surface area (Å²) in [7, 11) is 0. The van der Waals surface area contributed by atoms with E-state index in [1.54, 1.807) is 0 Å². The summed E-state index contributed by atoms with van der Waals surface area (Å²) in [4.78, 5) is 0. The van der Waals surface area contributed by atoms with E-state index in [-0.39, 0.29) is 0 Å². The Morgan fingerprint density at radius 3 is 2.56 bits per heavy atom. The second kappa shape index (κ2) is 9.92. The van der Waals surface area contributed by atoms with Crippen molar-refractivity contribution in [3.8, 4) is 5.75 Å². The number of likely N-dealkylation sites (N-methyl/N-ethyl adjacent to an activating group) is 1. The predicted molar refractivity (Wildman–Crippen MR) is 75.1 cm³/mol. The lowest BCUT2D eigenvalue weighted by atomic mass is 10.2. The van der Waals surface area contributed by atoms with Crippen molar-refractivity contribution in [2.45, 2.75) is 32.7 Å². The first kappa shape index (κ1) is 15.0. The van der Waals surface area contributed by atoms with E-state index < -0.39 is 0 Å². The van der Waals surface area contributed by atoms with E-state index in [4.69, 9.17) is 9.47 Å². The van der Waals surface area contributed by atoms with E-state index in [0.29, 0.717) is 19.3 Å². The smallest absolute Gasteiger partial charge is 0.119 e. The van der Waals surface area contributed by atoms with Crippen molar-refractivity contribution >= 4 is 0 Å². The maximum Gasteiger partial charge on any atom is 0.119 e. The molecule has 0 saturated heterocycles. The van der Waals surface area contributed by atoms with Crippen molar-refractivity contribution in [1.29, 1.82) is 0 Å². The van der Waals surface area contributed by atoms with E-state index in [0.717, 1.165) is 25.3 Å². The molecule has 1 atom stereocenters. The molecule has 3 heteroatoms. The van der Waals surface area contributed by atoms with E-state index in [1.807, 2.05) is 30.3 Å². The quantitative estimate of drug-likeness (QED) is 0.649. The van der Waals surface area contributed by atoms with Crippen LogP contribution in [0.2, 0.25) is 0 Å². The van der Waals surface area contributed by atoms with Gasteiger partial charge in [-0.1, -0.05) is 38.5 Å². The average molecular weight is 251 g/mol. The Labute approximate surface area is 110 Å². The summed E-state index contributed by atoms with van der Waals surface area (Å²) in [6, 6.07) is 10.3. The van der Waals surface area contributed by atoms with Gasteiger partial charge in [0.05, 0.1) is 13.2 Å². The fourth-order valence-corrected chi connectivity index (χ4v) is 1.84. The van der Waals surface area contributed by atoms with Gasteiger partial charge in [0.2, 0.25) is 0 Å². The minimum Gasteiger partial charge on any atom is -0.491 e. The Balaban J connectivity index is 2.06. The van der Waals surface area contributed by atoms with Gasteiger partial charge in [-0.05, 0) is 25.1 Å². The summed E-state index contributed by atoms with van der Waals surface area (Å²) in [5, 5.41) is 3.43. The van der Waals surface area contributed by atoms with Crippen molar-refractivity contribution in [2.75, 3.05) is 26.4 Å². The summed E-state index contributed by atoms with van der Waals surface area (Å²) in [6.45, 7) is 7.33. The molecule has 3 nitrogen and oxygen atoms in total. The Kier molecular flexibility index (Phi) is 8.26. The molecule has 0 heterocycles. The van der Waals surface area contributed by atoms with E-state index in [1.165, 1.54) is 6.42 Å². The van der Waals surface area contributed by atoms with E-state index >= 15 is 0 Å². The molecule has 0 spiro atoms. The molecule has 0 saturated carbocycles. The van der Waals surface area contributed by atoms with Gasteiger partial charge < -0.3 is 14.8 Å². The normalized spacial score (nSPS) is 12.3. The minimum atomic E-state index is 0.469. The Bertz CT molecular complexity index is 284. The Morgan fingerprint density at radius 2 is 1.89 bits per heavy atom. The summed E-state index contributed by atoms with van der Waals surface area (Å²) < 4.78 is 11.2. The van der Waals surface area contributed by atoms with Gasteiger partial charge in [-0.2, -0.15) is 0 Å². The van der Waals surface area contributed by atoms with Crippen molar-refractivity contribution in [1.82, 2.24) is 5.32 Å². The standard InChI is InChI=1S/C15H25NO2/c1-3-8-14(16-4-2)13-17-11-12-18-15-9-6-5-7-10-15/h5-7,9-10,14,16H,3-4,8,11-13H2,1-2H3. The zero-order valence-corrected chi connectivity index (χ0v) is 11.5. The van der Waals surface area contributed by atoms with E-state index in [2.05, 4.69) is 19.2 Å². The highest BCUT2D eigenvalue weighted by Crippen LogP contribution is 2.07. The zero-order valence-electron chi connectivity index (χ0n) is 11.5. The molecule has 102 valence electrons. The van der Waals surface area contributed by atoms with Crippen molar-refractivity contribution < 1.29 is 9.47 Å². The maximum absolute atomic E-state index is 5.64. The number of hydrogen-bond acceptors (Lipinski definition) is 3. The van der Waals surface area contributed by atoms with Crippen LogP contribution in [0.1, 0.15) is 26.7 Å². The second-order valence-electron chi connectivity index (χ2n) is 4.28. The molecule has 1 unspecified atom stereocenters. The largest absolute Gasteiger partial charge is 0.491 e. The molecule has 0 aliphatic rings. The van der Waals surface area contributed by atoms with Gasteiger partial charge >= 0.3 is 0 Å². The third kappa shape index (κ3) is 6.62. The van der Waals surface area contributed by atoms with Gasteiger partial charge in [-0.25, -0.2) is 0 Å². The molecule has 0 radical (unpaired) electrons. The molecule has 18 heavy (non-hydrogen) atoms. The maximum atomic E-state index is 5.64. The van der Waals surface area contributed by atoms with Gasteiger partial charge in [-0.3, -0.25) is 0 Å². The molecule has 0 aromatic heterocycles. The molecule has 0 aliphatic heterocycles. The minimum absolute atomic E-state index is 0.469. The first-order valence-electron chi connectivity index (χ1n) is 6.85. The summed E-state index contributed by atoms with van der Waals surface area (Å²) in [5.74, 6) is 0.901. The van der Waals surface area contributed by atoms with Gasteiger partial charge in [0, 0.05) is 6.04 Å². The van der Waals surface area contributed by atoms with Crippen LogP contribution in [0.4, 0.5) is 0 Å². The van der Waals surface area contributed by atoms with Crippen LogP contribution in [-0.4, -0.2) is 32.4 Å². The highest BCUT2D eigenvalue weighted by atomic mass is 16.5. The van der Waals surface area contributed by atoms with Crippen LogP contribution in [0.15, 0.2) is 30.3 Å². The fourth-order valence-electron chi connectivity index (χ4n) is 1.84. The van der Waals surface area contributed by atoms with Crippen LogP contribution < -0.4 is 10.1 Å². The molecule has 1 rings (SSSR count). The van der Waals surface area contributed by atoms with Crippen LogP contribution in [-0.2, 0) is 4.74 Å². The summed E-state index contributed by atoms with van der Waals surface area (Å²) >= 11 is 0. The van der Waals surface area contributed by atoms with Gasteiger partial charge in [-0.15, -0.1) is 0 Å². The first-order chi connectivity index (χ1) is 8.86. The lowest BCUT2D eigenvalue weighted by molar-refractivity contribution is 0.0818. The van der Waals surface area contributed by atoms with Gasteiger partial charge in [0.1, 0.15) is 12.4 Å². The number of hydrogen-bond donors (Lipinski definition) is 1. The van der Waals surface area contributed by atoms with Gasteiger partial charge in [0.25, 0.3) is 0 Å². The number of benzene rings is 1.